The number of hydrogen-bond donors (Lipinski definition) is 0. The van der Waals surface area contributed by atoms with Crippen LogP contribution in [0.3, 0.4) is 0 Å². The molecule has 0 aromatic carbocycles. The molecule has 1 heterocycles. The van der Waals surface area contributed by atoms with E-state index in [4.69, 9.17) is 0 Å². The lowest BCUT2D eigenvalue weighted by Gasteiger charge is -1.97. The minimum atomic E-state index is 0.930. The summed E-state index contributed by atoms with van der Waals surface area (Å²) in [6.45, 7) is 2.03. The number of pyridine rings is 1. The van der Waals surface area contributed by atoms with Gasteiger partial charge in [-0.05, 0) is 24.6 Å². The van der Waals surface area contributed by atoms with Crippen LogP contribution in [0.15, 0.2) is 29.5 Å². The topological polar surface area (TPSA) is 25.2 Å². The summed E-state index contributed by atoms with van der Waals surface area (Å²) >= 11 is 0. The molecule has 1 aromatic heterocycles. The lowest BCUT2D eigenvalue weighted by molar-refractivity contribution is 1.22. The fraction of sp³-hybridized carbons (Fsp3) is 0.333. The van der Waals surface area contributed by atoms with Crippen LogP contribution < -0.4 is 0 Å². The summed E-state index contributed by atoms with van der Waals surface area (Å²) in [6.07, 6.45) is 4.54. The monoisotopic (exact) mass is 148 g/mol. The molecule has 0 N–H and O–H groups in total. The number of aliphatic imine (C=N–C) groups is 1. The van der Waals surface area contributed by atoms with Gasteiger partial charge in [0.15, 0.2) is 0 Å². The van der Waals surface area contributed by atoms with E-state index in [1.165, 1.54) is 5.56 Å². The highest BCUT2D eigenvalue weighted by Gasteiger charge is 1.92. The first-order valence-corrected chi connectivity index (χ1v) is 3.64. The highest BCUT2D eigenvalue weighted by atomic mass is 14.7. The van der Waals surface area contributed by atoms with E-state index < -0.39 is 0 Å². The van der Waals surface area contributed by atoms with Crippen molar-refractivity contribution in [3.63, 3.8) is 0 Å². The molecule has 1 aromatic rings. The van der Waals surface area contributed by atoms with Gasteiger partial charge in [-0.2, -0.15) is 0 Å². The second kappa shape index (κ2) is 3.86. The van der Waals surface area contributed by atoms with Crippen molar-refractivity contribution in [2.45, 2.75) is 13.3 Å². The van der Waals surface area contributed by atoms with Crippen molar-refractivity contribution in [1.29, 1.82) is 0 Å². The maximum Gasteiger partial charge on any atom is 0.0276 e. The summed E-state index contributed by atoms with van der Waals surface area (Å²) in [5.41, 5.74) is 2.42. The van der Waals surface area contributed by atoms with E-state index in [0.29, 0.717) is 0 Å². The first kappa shape index (κ1) is 7.92. The summed E-state index contributed by atoms with van der Waals surface area (Å²) in [5.74, 6) is 0. The van der Waals surface area contributed by atoms with Crippen LogP contribution >= 0.6 is 0 Å². The molecule has 0 spiro atoms. The Balaban J connectivity index is 2.65. The molecule has 0 fully saturated rings. The minimum absolute atomic E-state index is 0.930. The summed E-state index contributed by atoms with van der Waals surface area (Å²) in [4.78, 5) is 8.02. The van der Waals surface area contributed by atoms with Gasteiger partial charge in [0.1, 0.15) is 0 Å². The molecule has 0 aliphatic heterocycles. The van der Waals surface area contributed by atoms with Crippen LogP contribution in [0.5, 0.6) is 0 Å². The van der Waals surface area contributed by atoms with Crippen molar-refractivity contribution in [3.05, 3.63) is 30.1 Å². The van der Waals surface area contributed by atoms with Crippen LogP contribution in [-0.4, -0.2) is 17.7 Å². The Morgan fingerprint density at radius 3 is 2.64 bits per heavy atom. The van der Waals surface area contributed by atoms with Gasteiger partial charge in [-0.15, -0.1) is 0 Å². The molecule has 0 aliphatic rings. The molecular formula is C9H12N2. The standard InChI is InChI=1S/C9H12N2/c1-8(10-2)7-9-3-5-11-6-4-9/h3-6H,7H2,1-2H3. The van der Waals surface area contributed by atoms with Crippen LogP contribution in [0.4, 0.5) is 0 Å². The zero-order valence-corrected chi connectivity index (χ0v) is 6.91. The van der Waals surface area contributed by atoms with Crippen molar-refractivity contribution >= 4 is 5.71 Å². The van der Waals surface area contributed by atoms with Crippen molar-refractivity contribution < 1.29 is 0 Å². The molecule has 0 saturated heterocycles. The van der Waals surface area contributed by atoms with Crippen molar-refractivity contribution in [2.75, 3.05) is 7.05 Å². The van der Waals surface area contributed by atoms with Crippen molar-refractivity contribution in [1.82, 2.24) is 4.98 Å². The summed E-state index contributed by atoms with van der Waals surface area (Å²) in [6, 6.07) is 4.02. The molecular weight excluding hydrogens is 136 g/mol. The molecule has 0 radical (unpaired) electrons. The predicted octanol–water partition coefficient (Wildman–Crippen LogP) is 1.71. The van der Waals surface area contributed by atoms with Gasteiger partial charge in [0, 0.05) is 31.6 Å². The van der Waals surface area contributed by atoms with E-state index in [1.54, 1.807) is 12.4 Å². The second-order valence-corrected chi connectivity index (χ2v) is 2.49. The normalized spacial score (nSPS) is 11.6. The number of aromatic nitrogens is 1. The van der Waals surface area contributed by atoms with Gasteiger partial charge in [0.05, 0.1) is 0 Å². The third kappa shape index (κ3) is 2.50. The fourth-order valence-corrected chi connectivity index (χ4v) is 0.875. The Hall–Kier alpha value is -1.18. The van der Waals surface area contributed by atoms with Crippen molar-refractivity contribution in [3.8, 4) is 0 Å². The number of hydrogen-bond acceptors (Lipinski definition) is 2. The van der Waals surface area contributed by atoms with Crippen LogP contribution in [0, 0.1) is 0 Å². The Morgan fingerprint density at radius 1 is 1.45 bits per heavy atom. The third-order valence-electron chi connectivity index (χ3n) is 1.59. The van der Waals surface area contributed by atoms with Gasteiger partial charge in [0.2, 0.25) is 0 Å². The highest BCUT2D eigenvalue weighted by molar-refractivity contribution is 5.83. The van der Waals surface area contributed by atoms with Gasteiger partial charge >= 0.3 is 0 Å². The summed E-state index contributed by atoms with van der Waals surface area (Å²) in [5, 5.41) is 0. The highest BCUT2D eigenvalue weighted by Crippen LogP contribution is 1.98. The Bertz CT molecular complexity index is 239. The first-order valence-electron chi connectivity index (χ1n) is 3.64. The Morgan fingerprint density at radius 2 is 2.09 bits per heavy atom. The second-order valence-electron chi connectivity index (χ2n) is 2.49. The summed E-state index contributed by atoms with van der Waals surface area (Å²) < 4.78 is 0. The van der Waals surface area contributed by atoms with E-state index in [0.717, 1.165) is 12.1 Å². The van der Waals surface area contributed by atoms with E-state index >= 15 is 0 Å². The lowest BCUT2D eigenvalue weighted by atomic mass is 10.1. The van der Waals surface area contributed by atoms with Crippen molar-refractivity contribution in [2.24, 2.45) is 4.99 Å². The lowest BCUT2D eigenvalue weighted by Crippen LogP contribution is -1.96. The fourth-order valence-electron chi connectivity index (χ4n) is 0.875. The molecule has 1 rings (SSSR count). The molecule has 0 bridgehead atoms. The molecule has 0 atom stereocenters. The molecule has 2 heteroatoms. The van der Waals surface area contributed by atoms with Crippen LogP contribution in [0.2, 0.25) is 0 Å². The van der Waals surface area contributed by atoms with E-state index in [-0.39, 0.29) is 0 Å². The largest absolute Gasteiger partial charge is 0.297 e. The van der Waals surface area contributed by atoms with E-state index in [2.05, 4.69) is 9.98 Å². The summed E-state index contributed by atoms with van der Waals surface area (Å²) in [7, 11) is 1.82. The third-order valence-corrected chi connectivity index (χ3v) is 1.59. The van der Waals surface area contributed by atoms with Crippen LogP contribution in [-0.2, 0) is 6.42 Å². The van der Waals surface area contributed by atoms with Gasteiger partial charge in [-0.25, -0.2) is 0 Å². The quantitative estimate of drug-likeness (QED) is 0.586. The molecule has 0 unspecified atom stereocenters. The average Bonchev–Trinajstić information content (AvgIpc) is 2.06. The maximum atomic E-state index is 4.08. The van der Waals surface area contributed by atoms with E-state index in [9.17, 15) is 0 Å². The van der Waals surface area contributed by atoms with Gasteiger partial charge in [-0.3, -0.25) is 9.98 Å². The first-order chi connectivity index (χ1) is 5.33. The molecule has 0 aliphatic carbocycles. The zero-order valence-electron chi connectivity index (χ0n) is 6.91. The van der Waals surface area contributed by atoms with Crippen LogP contribution in [0.25, 0.3) is 0 Å². The molecule has 11 heavy (non-hydrogen) atoms. The molecule has 58 valence electrons. The Labute approximate surface area is 67.0 Å². The smallest absolute Gasteiger partial charge is 0.0276 e. The number of nitrogens with zero attached hydrogens (tertiary/aromatic N) is 2. The minimum Gasteiger partial charge on any atom is -0.297 e. The molecule has 0 amide bonds. The maximum absolute atomic E-state index is 4.08. The number of rotatable bonds is 2. The van der Waals surface area contributed by atoms with Gasteiger partial charge in [-0.1, -0.05) is 0 Å². The molecule has 0 saturated carbocycles. The van der Waals surface area contributed by atoms with Gasteiger partial charge in [0.25, 0.3) is 0 Å². The van der Waals surface area contributed by atoms with E-state index in [1.807, 2.05) is 26.1 Å². The average molecular weight is 148 g/mol. The van der Waals surface area contributed by atoms with Crippen LogP contribution in [0.1, 0.15) is 12.5 Å². The zero-order chi connectivity index (χ0) is 8.10. The molecule has 2 nitrogen and oxygen atoms in total. The SMILES string of the molecule is CN=C(C)Cc1ccncc1. The van der Waals surface area contributed by atoms with Gasteiger partial charge < -0.3 is 0 Å². The predicted molar refractivity (Wildman–Crippen MR) is 47.0 cm³/mol. The Kier molecular flexibility index (Phi) is 2.78.